The number of aliphatic hydroxyl groups excluding tert-OH is 1. The number of benzene rings is 1. The summed E-state index contributed by atoms with van der Waals surface area (Å²) in [6, 6.07) is 6.77. The van der Waals surface area contributed by atoms with Gasteiger partial charge in [-0.05, 0) is 97.8 Å². The minimum absolute atomic E-state index is 0.0616. The van der Waals surface area contributed by atoms with Gasteiger partial charge in [-0.3, -0.25) is 0 Å². The summed E-state index contributed by atoms with van der Waals surface area (Å²) in [5.74, 6) is 3.12. The minimum atomic E-state index is -0.0823. The summed E-state index contributed by atoms with van der Waals surface area (Å²) in [6.45, 7) is 3.17. The molecule has 0 aromatic heterocycles. The summed E-state index contributed by atoms with van der Waals surface area (Å²) >= 11 is 0. The molecule has 5 rings (SSSR count). The quantitative estimate of drug-likeness (QED) is 0.826. The molecule has 6 atom stereocenters. The third-order valence-electron chi connectivity index (χ3n) is 8.05. The fourth-order valence-corrected chi connectivity index (χ4v) is 6.56. The number of aryl methyl sites for hydroxylation is 1. The molecular weight excluding hydrogens is 324 g/mol. The van der Waals surface area contributed by atoms with E-state index in [-0.39, 0.29) is 17.8 Å². The van der Waals surface area contributed by atoms with Crippen LogP contribution in [0.15, 0.2) is 18.2 Å². The van der Waals surface area contributed by atoms with Crippen molar-refractivity contribution in [2.75, 3.05) is 6.61 Å². The molecule has 0 bridgehead atoms. The Morgan fingerprint density at radius 2 is 2.04 bits per heavy atom. The second-order valence-electron chi connectivity index (χ2n) is 9.33. The van der Waals surface area contributed by atoms with Crippen LogP contribution in [0.4, 0.5) is 0 Å². The zero-order valence-corrected chi connectivity index (χ0v) is 16.0. The number of hydrogen-bond acceptors (Lipinski definition) is 3. The van der Waals surface area contributed by atoms with Crippen molar-refractivity contribution in [2.24, 2.45) is 17.3 Å². The standard InChI is InChI=1S/C23H32O3/c1-23-12-11-18-17-8-6-16(26-22-4-2-3-13-25-22)14-15(17)5-7-19(18)20(23)9-10-21(23)24/h6,8,14,18-22,24H,2-5,7,9-13H2,1H3. The van der Waals surface area contributed by atoms with Crippen LogP contribution in [-0.2, 0) is 11.2 Å². The molecule has 1 aliphatic heterocycles. The highest BCUT2D eigenvalue weighted by atomic mass is 16.7. The fourth-order valence-electron chi connectivity index (χ4n) is 6.56. The Bertz CT molecular complexity index is 665. The molecule has 1 saturated heterocycles. The zero-order chi connectivity index (χ0) is 17.7. The molecule has 3 aliphatic carbocycles. The van der Waals surface area contributed by atoms with Crippen molar-refractivity contribution < 1.29 is 14.6 Å². The molecule has 2 saturated carbocycles. The van der Waals surface area contributed by atoms with Gasteiger partial charge in [0.2, 0.25) is 0 Å². The Balaban J connectivity index is 1.36. The van der Waals surface area contributed by atoms with Crippen LogP contribution in [0.2, 0.25) is 0 Å². The van der Waals surface area contributed by atoms with Crippen molar-refractivity contribution in [2.45, 2.75) is 83.0 Å². The van der Waals surface area contributed by atoms with Gasteiger partial charge in [-0.25, -0.2) is 0 Å². The number of fused-ring (bicyclic) bond motifs is 5. The first-order chi connectivity index (χ1) is 12.6. The fraction of sp³-hybridized carbons (Fsp3) is 0.739. The lowest BCUT2D eigenvalue weighted by Crippen LogP contribution is -2.43. The molecule has 3 fully saturated rings. The molecular formula is C23H32O3. The van der Waals surface area contributed by atoms with Crippen molar-refractivity contribution in [3.63, 3.8) is 0 Å². The third-order valence-corrected chi connectivity index (χ3v) is 8.05. The maximum atomic E-state index is 10.5. The van der Waals surface area contributed by atoms with E-state index < -0.39 is 0 Å². The average Bonchev–Trinajstić information content (AvgIpc) is 2.97. The maximum absolute atomic E-state index is 10.5. The Morgan fingerprint density at radius 1 is 1.12 bits per heavy atom. The molecule has 4 aliphatic rings. The highest BCUT2D eigenvalue weighted by Gasteiger charge is 2.54. The van der Waals surface area contributed by atoms with Gasteiger partial charge in [-0.2, -0.15) is 0 Å². The number of rotatable bonds is 2. The largest absolute Gasteiger partial charge is 0.465 e. The van der Waals surface area contributed by atoms with Crippen LogP contribution in [0.1, 0.15) is 75.3 Å². The van der Waals surface area contributed by atoms with E-state index in [0.29, 0.717) is 11.8 Å². The molecule has 142 valence electrons. The number of aliphatic hydroxyl groups is 1. The van der Waals surface area contributed by atoms with Crippen LogP contribution >= 0.6 is 0 Å². The third kappa shape index (κ3) is 2.70. The van der Waals surface area contributed by atoms with Crippen LogP contribution in [0, 0.1) is 17.3 Å². The van der Waals surface area contributed by atoms with Gasteiger partial charge in [-0.1, -0.05) is 13.0 Å². The molecule has 1 heterocycles. The lowest BCUT2D eigenvalue weighted by Gasteiger charge is -2.50. The Hall–Kier alpha value is -1.06. The molecule has 1 aromatic rings. The van der Waals surface area contributed by atoms with E-state index in [9.17, 15) is 5.11 Å². The van der Waals surface area contributed by atoms with E-state index >= 15 is 0 Å². The average molecular weight is 357 g/mol. The van der Waals surface area contributed by atoms with Crippen molar-refractivity contribution in [1.82, 2.24) is 0 Å². The van der Waals surface area contributed by atoms with Gasteiger partial charge in [0.05, 0.1) is 12.7 Å². The second kappa shape index (κ2) is 6.53. The smallest absolute Gasteiger partial charge is 0.199 e. The Labute approximate surface area is 157 Å². The maximum Gasteiger partial charge on any atom is 0.199 e. The molecule has 0 amide bonds. The van der Waals surface area contributed by atoms with Gasteiger partial charge in [0.1, 0.15) is 5.75 Å². The summed E-state index contributed by atoms with van der Waals surface area (Å²) in [6.07, 6.45) is 10.3. The first-order valence-electron chi connectivity index (χ1n) is 10.7. The van der Waals surface area contributed by atoms with Crippen molar-refractivity contribution in [3.8, 4) is 5.75 Å². The predicted molar refractivity (Wildman–Crippen MR) is 101 cm³/mol. The van der Waals surface area contributed by atoms with Gasteiger partial charge in [0, 0.05) is 6.42 Å². The molecule has 26 heavy (non-hydrogen) atoms. The summed E-state index contributed by atoms with van der Waals surface area (Å²) in [5, 5.41) is 10.5. The molecule has 6 unspecified atom stereocenters. The van der Waals surface area contributed by atoms with Gasteiger partial charge < -0.3 is 14.6 Å². The molecule has 0 radical (unpaired) electrons. The first-order valence-corrected chi connectivity index (χ1v) is 10.7. The number of ether oxygens (including phenoxy) is 2. The van der Waals surface area contributed by atoms with E-state index in [4.69, 9.17) is 9.47 Å². The van der Waals surface area contributed by atoms with Crippen LogP contribution in [0.5, 0.6) is 5.75 Å². The minimum Gasteiger partial charge on any atom is -0.465 e. The van der Waals surface area contributed by atoms with Crippen molar-refractivity contribution in [1.29, 1.82) is 0 Å². The van der Waals surface area contributed by atoms with Gasteiger partial charge >= 0.3 is 0 Å². The van der Waals surface area contributed by atoms with E-state index in [2.05, 4.69) is 25.1 Å². The topological polar surface area (TPSA) is 38.7 Å². The van der Waals surface area contributed by atoms with Gasteiger partial charge in [0.15, 0.2) is 6.29 Å². The number of hydrogen-bond donors (Lipinski definition) is 1. The summed E-state index contributed by atoms with van der Waals surface area (Å²) in [5.41, 5.74) is 3.21. The SMILES string of the molecule is CC12CCC3c4ccc(OC5CCCCO5)cc4CCC3C1CCC2O. The second-order valence-corrected chi connectivity index (χ2v) is 9.33. The molecule has 1 aromatic carbocycles. The first kappa shape index (κ1) is 17.1. The summed E-state index contributed by atoms with van der Waals surface area (Å²) < 4.78 is 11.8. The molecule has 3 nitrogen and oxygen atoms in total. The predicted octanol–water partition coefficient (Wildman–Crippen LogP) is 4.81. The van der Waals surface area contributed by atoms with Gasteiger partial charge in [-0.15, -0.1) is 0 Å². The normalized spacial score (nSPS) is 41.8. The zero-order valence-electron chi connectivity index (χ0n) is 16.0. The summed E-state index contributed by atoms with van der Waals surface area (Å²) in [4.78, 5) is 0. The monoisotopic (exact) mass is 356 g/mol. The van der Waals surface area contributed by atoms with E-state index in [1.807, 2.05) is 0 Å². The highest BCUT2D eigenvalue weighted by molar-refractivity contribution is 5.40. The lowest BCUT2D eigenvalue weighted by atomic mass is 9.55. The van der Waals surface area contributed by atoms with E-state index in [0.717, 1.165) is 44.0 Å². The highest BCUT2D eigenvalue weighted by Crippen LogP contribution is 2.60. The van der Waals surface area contributed by atoms with E-state index in [1.165, 1.54) is 37.7 Å². The Morgan fingerprint density at radius 3 is 2.88 bits per heavy atom. The Kier molecular flexibility index (Phi) is 4.28. The van der Waals surface area contributed by atoms with Crippen LogP contribution < -0.4 is 4.74 Å². The van der Waals surface area contributed by atoms with Crippen LogP contribution in [-0.4, -0.2) is 24.1 Å². The van der Waals surface area contributed by atoms with Crippen molar-refractivity contribution in [3.05, 3.63) is 29.3 Å². The van der Waals surface area contributed by atoms with Crippen molar-refractivity contribution >= 4 is 0 Å². The molecule has 3 heteroatoms. The molecule has 1 N–H and O–H groups in total. The van der Waals surface area contributed by atoms with Gasteiger partial charge in [0.25, 0.3) is 0 Å². The lowest BCUT2D eigenvalue weighted by molar-refractivity contribution is -0.105. The summed E-state index contributed by atoms with van der Waals surface area (Å²) in [7, 11) is 0. The van der Waals surface area contributed by atoms with Crippen LogP contribution in [0.3, 0.4) is 0 Å². The van der Waals surface area contributed by atoms with E-state index in [1.54, 1.807) is 5.56 Å². The molecule has 0 spiro atoms. The van der Waals surface area contributed by atoms with Crippen LogP contribution in [0.25, 0.3) is 0 Å².